The van der Waals surface area contributed by atoms with Crippen LogP contribution in [0.5, 0.6) is 11.5 Å². The summed E-state index contributed by atoms with van der Waals surface area (Å²) in [7, 11) is 1.61. The largest absolute Gasteiger partial charge is 0.497 e. The van der Waals surface area contributed by atoms with Crippen LogP contribution in [0.15, 0.2) is 36.4 Å². The second kappa shape index (κ2) is 12.5. The molecule has 0 aromatic heterocycles. The number of nitrogens with zero attached hydrogens (tertiary/aromatic N) is 1. The fourth-order valence-corrected chi connectivity index (χ4v) is 3.60. The first-order valence-corrected chi connectivity index (χ1v) is 11.6. The fraction of sp³-hybridized carbons (Fsp3) is 0.462. The highest BCUT2D eigenvalue weighted by molar-refractivity contribution is 6.32. The molecule has 2 aromatic carbocycles. The summed E-state index contributed by atoms with van der Waals surface area (Å²) >= 11 is 6.24. The molecule has 180 valence electrons. The van der Waals surface area contributed by atoms with E-state index in [0.29, 0.717) is 36.2 Å². The van der Waals surface area contributed by atoms with Crippen LogP contribution in [-0.4, -0.2) is 43.0 Å². The Kier molecular flexibility index (Phi) is 10.0. The summed E-state index contributed by atoms with van der Waals surface area (Å²) in [5.41, 5.74) is 2.67. The van der Waals surface area contributed by atoms with Crippen molar-refractivity contribution in [3.63, 3.8) is 0 Å². The van der Waals surface area contributed by atoms with Gasteiger partial charge in [0.05, 0.1) is 7.11 Å². The Morgan fingerprint density at radius 2 is 1.67 bits per heavy atom. The molecule has 0 bridgehead atoms. The predicted molar refractivity (Wildman–Crippen MR) is 132 cm³/mol. The van der Waals surface area contributed by atoms with Crippen molar-refractivity contribution in [2.24, 2.45) is 5.92 Å². The Labute approximate surface area is 202 Å². The number of aryl methyl sites for hydroxylation is 2. The summed E-state index contributed by atoms with van der Waals surface area (Å²) in [5, 5.41) is 3.64. The lowest BCUT2D eigenvalue weighted by molar-refractivity contribution is -0.143. The first-order chi connectivity index (χ1) is 15.7. The molecule has 0 aliphatic carbocycles. The van der Waals surface area contributed by atoms with Crippen LogP contribution in [0.4, 0.5) is 0 Å². The molecule has 0 saturated carbocycles. The van der Waals surface area contributed by atoms with E-state index in [0.717, 1.165) is 22.4 Å². The van der Waals surface area contributed by atoms with Gasteiger partial charge in [-0.3, -0.25) is 9.59 Å². The zero-order chi connectivity index (χ0) is 24.5. The molecule has 0 aliphatic rings. The molecule has 0 aliphatic heterocycles. The van der Waals surface area contributed by atoms with Gasteiger partial charge in [-0.25, -0.2) is 0 Å². The van der Waals surface area contributed by atoms with Crippen molar-refractivity contribution in [3.05, 3.63) is 58.1 Å². The average Bonchev–Trinajstić information content (AvgIpc) is 2.79. The summed E-state index contributed by atoms with van der Waals surface area (Å²) in [6.07, 6.45) is 0.491. The maximum atomic E-state index is 13.3. The van der Waals surface area contributed by atoms with E-state index in [4.69, 9.17) is 21.1 Å². The van der Waals surface area contributed by atoms with Gasteiger partial charge in [-0.1, -0.05) is 44.5 Å². The molecule has 1 N–H and O–H groups in total. The van der Waals surface area contributed by atoms with Gasteiger partial charge in [0.1, 0.15) is 17.5 Å². The minimum Gasteiger partial charge on any atom is -0.497 e. The van der Waals surface area contributed by atoms with Crippen LogP contribution in [0.3, 0.4) is 0 Å². The molecule has 6 nitrogen and oxygen atoms in total. The maximum Gasteiger partial charge on any atom is 0.261 e. The molecular weight excluding hydrogens is 440 g/mol. The van der Waals surface area contributed by atoms with Gasteiger partial charge in [-0.15, -0.1) is 0 Å². The Morgan fingerprint density at radius 3 is 2.18 bits per heavy atom. The summed E-state index contributed by atoms with van der Waals surface area (Å²) in [5.74, 6) is 1.20. The summed E-state index contributed by atoms with van der Waals surface area (Å²) in [6, 6.07) is 10.5. The highest BCUT2D eigenvalue weighted by Gasteiger charge is 2.29. The highest BCUT2D eigenvalue weighted by Crippen LogP contribution is 2.26. The molecule has 2 aromatic rings. The number of methoxy groups -OCH3 is 1. The SMILES string of the molecule is CC[C@@H](C(=O)NCC(C)C)N(Cc1ccc(OC)cc1)C(=O)COc1cc(C)c(Cl)c(C)c1. The van der Waals surface area contributed by atoms with Crippen molar-refractivity contribution in [1.82, 2.24) is 10.2 Å². The molecule has 33 heavy (non-hydrogen) atoms. The lowest BCUT2D eigenvalue weighted by atomic mass is 10.1. The Balaban J connectivity index is 2.23. The van der Waals surface area contributed by atoms with Crippen LogP contribution in [0, 0.1) is 19.8 Å². The van der Waals surface area contributed by atoms with E-state index in [1.54, 1.807) is 12.0 Å². The molecule has 2 amide bonds. The molecule has 0 heterocycles. The lowest BCUT2D eigenvalue weighted by Crippen LogP contribution is -2.50. The number of carbonyl (C=O) groups is 2. The van der Waals surface area contributed by atoms with Crippen molar-refractivity contribution in [2.75, 3.05) is 20.3 Å². The van der Waals surface area contributed by atoms with Crippen molar-refractivity contribution in [2.45, 2.75) is 53.6 Å². The summed E-state index contributed by atoms with van der Waals surface area (Å²) in [4.78, 5) is 27.8. The van der Waals surface area contributed by atoms with Crippen molar-refractivity contribution in [1.29, 1.82) is 0 Å². The lowest BCUT2D eigenvalue weighted by Gasteiger charge is -2.31. The van der Waals surface area contributed by atoms with Crippen molar-refractivity contribution in [3.8, 4) is 11.5 Å². The minimum atomic E-state index is -0.601. The van der Waals surface area contributed by atoms with E-state index in [2.05, 4.69) is 5.32 Å². The van der Waals surface area contributed by atoms with Gasteiger partial charge in [0.25, 0.3) is 5.91 Å². The van der Waals surface area contributed by atoms with E-state index in [1.807, 2.05) is 71.0 Å². The number of benzene rings is 2. The zero-order valence-electron chi connectivity index (χ0n) is 20.4. The standard InChI is InChI=1S/C26H35ClN2O4/c1-7-23(26(31)28-14-17(2)3)29(15-20-8-10-21(32-6)11-9-20)24(30)16-33-22-12-18(4)25(27)19(5)13-22/h8-13,17,23H,7,14-16H2,1-6H3,(H,28,31)/t23-/m0/s1. The first kappa shape index (κ1) is 26.5. The number of rotatable bonds is 11. The number of hydrogen-bond donors (Lipinski definition) is 1. The molecule has 0 unspecified atom stereocenters. The highest BCUT2D eigenvalue weighted by atomic mass is 35.5. The number of hydrogen-bond acceptors (Lipinski definition) is 4. The van der Waals surface area contributed by atoms with E-state index in [9.17, 15) is 9.59 Å². The smallest absolute Gasteiger partial charge is 0.261 e. The van der Waals surface area contributed by atoms with E-state index in [-0.39, 0.29) is 18.4 Å². The molecule has 0 fully saturated rings. The van der Waals surface area contributed by atoms with E-state index >= 15 is 0 Å². The van der Waals surface area contributed by atoms with Gasteiger partial charge in [0.15, 0.2) is 6.61 Å². The van der Waals surface area contributed by atoms with Crippen LogP contribution in [-0.2, 0) is 16.1 Å². The second-order valence-corrected chi connectivity index (χ2v) is 8.97. The number of ether oxygens (including phenoxy) is 2. The molecule has 0 saturated heterocycles. The minimum absolute atomic E-state index is 0.161. The number of nitrogens with one attached hydrogen (secondary N) is 1. The summed E-state index contributed by atoms with van der Waals surface area (Å²) in [6.45, 7) is 10.4. The van der Waals surface area contributed by atoms with Gasteiger partial charge < -0.3 is 19.7 Å². The Morgan fingerprint density at radius 1 is 1.06 bits per heavy atom. The van der Waals surface area contributed by atoms with Gasteiger partial charge >= 0.3 is 0 Å². The van der Waals surface area contributed by atoms with Crippen LogP contribution < -0.4 is 14.8 Å². The number of halogens is 1. The summed E-state index contributed by atoms with van der Waals surface area (Å²) < 4.78 is 11.0. The monoisotopic (exact) mass is 474 g/mol. The van der Waals surface area contributed by atoms with Crippen LogP contribution in [0.25, 0.3) is 0 Å². The molecule has 0 spiro atoms. The van der Waals surface area contributed by atoms with Gasteiger partial charge in [-0.2, -0.15) is 0 Å². The van der Waals surface area contributed by atoms with Crippen LogP contribution in [0.1, 0.15) is 43.9 Å². The van der Waals surface area contributed by atoms with Crippen LogP contribution >= 0.6 is 11.6 Å². The topological polar surface area (TPSA) is 67.9 Å². The maximum absolute atomic E-state index is 13.3. The number of carbonyl (C=O) groups excluding carboxylic acids is 2. The average molecular weight is 475 g/mol. The Hall–Kier alpha value is -2.73. The van der Waals surface area contributed by atoms with Crippen molar-refractivity contribution >= 4 is 23.4 Å². The van der Waals surface area contributed by atoms with Gasteiger partial charge in [-0.05, 0) is 67.1 Å². The molecule has 1 atom stereocenters. The third kappa shape index (κ3) is 7.67. The van der Waals surface area contributed by atoms with Crippen LogP contribution in [0.2, 0.25) is 5.02 Å². The quantitative estimate of drug-likeness (QED) is 0.501. The molecule has 0 radical (unpaired) electrons. The van der Waals surface area contributed by atoms with Gasteiger partial charge in [0.2, 0.25) is 5.91 Å². The fourth-order valence-electron chi connectivity index (χ4n) is 3.49. The first-order valence-electron chi connectivity index (χ1n) is 11.3. The molecule has 2 rings (SSSR count). The third-order valence-corrected chi connectivity index (χ3v) is 5.95. The van der Waals surface area contributed by atoms with E-state index < -0.39 is 6.04 Å². The predicted octanol–water partition coefficient (Wildman–Crippen LogP) is 4.92. The zero-order valence-corrected chi connectivity index (χ0v) is 21.2. The molecular formula is C26H35ClN2O4. The van der Waals surface area contributed by atoms with Crippen molar-refractivity contribution < 1.29 is 19.1 Å². The Bertz CT molecular complexity index is 921. The molecule has 7 heteroatoms. The third-order valence-electron chi connectivity index (χ3n) is 5.35. The normalized spacial score (nSPS) is 11.8. The second-order valence-electron chi connectivity index (χ2n) is 8.59. The van der Waals surface area contributed by atoms with E-state index in [1.165, 1.54) is 0 Å². The van der Waals surface area contributed by atoms with Gasteiger partial charge in [0, 0.05) is 18.1 Å². The number of amides is 2.